The van der Waals surface area contributed by atoms with E-state index in [2.05, 4.69) is 34.1 Å². The van der Waals surface area contributed by atoms with Crippen molar-refractivity contribution in [1.82, 2.24) is 9.97 Å². The molecule has 5 nitrogen and oxygen atoms in total. The molecule has 1 saturated heterocycles. The lowest BCUT2D eigenvalue weighted by molar-refractivity contribution is 0.755. The third-order valence-corrected chi connectivity index (χ3v) is 3.67. The van der Waals surface area contributed by atoms with Crippen LogP contribution >= 0.6 is 11.8 Å². The molecule has 0 unspecified atom stereocenters. The lowest BCUT2D eigenvalue weighted by Crippen LogP contribution is -2.33. The minimum atomic E-state index is 0.307. The van der Waals surface area contributed by atoms with Gasteiger partial charge in [0.25, 0.3) is 0 Å². The molecule has 94 valence electrons. The Morgan fingerprint density at radius 3 is 2.65 bits per heavy atom. The van der Waals surface area contributed by atoms with Crippen LogP contribution in [0.15, 0.2) is 6.07 Å². The fourth-order valence-corrected chi connectivity index (χ4v) is 2.64. The first kappa shape index (κ1) is 12.4. The van der Waals surface area contributed by atoms with Gasteiger partial charge >= 0.3 is 0 Å². The molecule has 0 radical (unpaired) electrons. The maximum Gasteiger partial charge on any atom is 0.145 e. The average molecular weight is 253 g/mol. The molecule has 0 spiro atoms. The molecule has 2 rings (SSSR count). The first-order valence-corrected chi connectivity index (χ1v) is 7.04. The van der Waals surface area contributed by atoms with E-state index in [1.807, 2.05) is 17.8 Å². The standard InChI is InChI=1S/C11H19N5S/c1-8(2)11-13-9(15-12)7-10(14-11)16-3-5-17-6-4-16/h7-8H,3-6,12H2,1-2H3,(H,13,14,15). The number of anilines is 2. The van der Waals surface area contributed by atoms with Crippen molar-refractivity contribution in [1.29, 1.82) is 0 Å². The van der Waals surface area contributed by atoms with Gasteiger partial charge in [-0.2, -0.15) is 11.8 Å². The third kappa shape index (κ3) is 3.01. The molecule has 1 fully saturated rings. The minimum Gasteiger partial charge on any atom is -0.355 e. The average Bonchev–Trinajstić information content (AvgIpc) is 2.39. The van der Waals surface area contributed by atoms with Crippen molar-refractivity contribution < 1.29 is 0 Å². The number of thioether (sulfide) groups is 1. The molecule has 2 heterocycles. The Bertz CT molecular complexity index is 376. The van der Waals surface area contributed by atoms with E-state index in [1.54, 1.807) is 0 Å². The van der Waals surface area contributed by atoms with E-state index >= 15 is 0 Å². The molecule has 0 amide bonds. The molecule has 1 aromatic heterocycles. The molecular weight excluding hydrogens is 234 g/mol. The molecule has 0 bridgehead atoms. The van der Waals surface area contributed by atoms with Crippen molar-refractivity contribution >= 4 is 23.4 Å². The van der Waals surface area contributed by atoms with Crippen molar-refractivity contribution in [2.45, 2.75) is 19.8 Å². The third-order valence-electron chi connectivity index (χ3n) is 2.73. The molecule has 0 atom stereocenters. The number of hydrogen-bond donors (Lipinski definition) is 2. The number of nitrogens with zero attached hydrogens (tertiary/aromatic N) is 3. The van der Waals surface area contributed by atoms with Gasteiger partial charge in [-0.1, -0.05) is 13.8 Å². The zero-order valence-corrected chi connectivity index (χ0v) is 11.1. The maximum atomic E-state index is 5.45. The summed E-state index contributed by atoms with van der Waals surface area (Å²) in [5.41, 5.74) is 2.62. The lowest BCUT2D eigenvalue weighted by atomic mass is 10.2. The van der Waals surface area contributed by atoms with Crippen molar-refractivity contribution in [2.24, 2.45) is 5.84 Å². The van der Waals surface area contributed by atoms with E-state index in [0.717, 1.165) is 36.2 Å². The first-order valence-electron chi connectivity index (χ1n) is 5.89. The molecule has 1 aliphatic heterocycles. The molecule has 0 aliphatic carbocycles. The Morgan fingerprint density at radius 2 is 2.06 bits per heavy atom. The summed E-state index contributed by atoms with van der Waals surface area (Å²) in [4.78, 5) is 11.3. The van der Waals surface area contributed by atoms with Gasteiger partial charge in [-0.05, 0) is 0 Å². The fraction of sp³-hybridized carbons (Fsp3) is 0.636. The second-order valence-corrected chi connectivity index (χ2v) is 5.59. The second kappa shape index (κ2) is 5.55. The van der Waals surface area contributed by atoms with Crippen molar-refractivity contribution in [3.63, 3.8) is 0 Å². The zero-order valence-electron chi connectivity index (χ0n) is 10.3. The molecule has 0 aromatic carbocycles. The summed E-state index contributed by atoms with van der Waals surface area (Å²) in [6, 6.07) is 1.92. The molecule has 17 heavy (non-hydrogen) atoms. The second-order valence-electron chi connectivity index (χ2n) is 4.37. The van der Waals surface area contributed by atoms with Gasteiger partial charge in [0.1, 0.15) is 17.5 Å². The largest absolute Gasteiger partial charge is 0.355 e. The van der Waals surface area contributed by atoms with Gasteiger partial charge in [0.15, 0.2) is 0 Å². The van der Waals surface area contributed by atoms with E-state index < -0.39 is 0 Å². The van der Waals surface area contributed by atoms with Crippen LogP contribution in [0.25, 0.3) is 0 Å². The number of nitrogens with two attached hydrogens (primary N) is 1. The van der Waals surface area contributed by atoms with Crippen LogP contribution in [0.2, 0.25) is 0 Å². The van der Waals surface area contributed by atoms with Gasteiger partial charge in [-0.15, -0.1) is 0 Å². The van der Waals surface area contributed by atoms with E-state index in [1.165, 1.54) is 0 Å². The van der Waals surface area contributed by atoms with Crippen molar-refractivity contribution in [3.8, 4) is 0 Å². The topological polar surface area (TPSA) is 67.1 Å². The number of nitrogens with one attached hydrogen (secondary N) is 1. The van der Waals surface area contributed by atoms with Crippen LogP contribution < -0.4 is 16.2 Å². The molecule has 1 aromatic rings. The zero-order chi connectivity index (χ0) is 12.3. The van der Waals surface area contributed by atoms with Crippen LogP contribution in [0.1, 0.15) is 25.6 Å². The Balaban J connectivity index is 2.28. The molecular formula is C11H19N5S. The monoisotopic (exact) mass is 253 g/mol. The van der Waals surface area contributed by atoms with Crippen LogP contribution in [0.4, 0.5) is 11.6 Å². The SMILES string of the molecule is CC(C)c1nc(NN)cc(N2CCSCC2)n1. The number of hydrogen-bond acceptors (Lipinski definition) is 6. The van der Waals surface area contributed by atoms with E-state index in [4.69, 9.17) is 5.84 Å². The van der Waals surface area contributed by atoms with Gasteiger partial charge in [0, 0.05) is 36.6 Å². The molecule has 6 heteroatoms. The highest BCUT2D eigenvalue weighted by Gasteiger charge is 2.15. The van der Waals surface area contributed by atoms with E-state index in [9.17, 15) is 0 Å². The Hall–Kier alpha value is -1.01. The Morgan fingerprint density at radius 1 is 1.35 bits per heavy atom. The number of aromatic nitrogens is 2. The quantitative estimate of drug-likeness (QED) is 0.627. The highest BCUT2D eigenvalue weighted by molar-refractivity contribution is 7.99. The van der Waals surface area contributed by atoms with Crippen LogP contribution in [-0.2, 0) is 0 Å². The number of rotatable bonds is 3. The molecule has 0 saturated carbocycles. The van der Waals surface area contributed by atoms with E-state index in [-0.39, 0.29) is 0 Å². The Labute approximate surface area is 106 Å². The molecule has 1 aliphatic rings. The minimum absolute atomic E-state index is 0.307. The smallest absolute Gasteiger partial charge is 0.145 e. The van der Waals surface area contributed by atoms with Crippen molar-refractivity contribution in [3.05, 3.63) is 11.9 Å². The maximum absolute atomic E-state index is 5.45. The molecule has 3 N–H and O–H groups in total. The normalized spacial score (nSPS) is 16.4. The summed E-state index contributed by atoms with van der Waals surface area (Å²) in [6.45, 7) is 6.27. The van der Waals surface area contributed by atoms with Gasteiger partial charge < -0.3 is 10.3 Å². The van der Waals surface area contributed by atoms with Crippen molar-refractivity contribution in [2.75, 3.05) is 34.9 Å². The summed E-state index contributed by atoms with van der Waals surface area (Å²) >= 11 is 1.99. The van der Waals surface area contributed by atoms with Crippen LogP contribution in [0.3, 0.4) is 0 Å². The van der Waals surface area contributed by atoms with Gasteiger partial charge in [-0.3, -0.25) is 0 Å². The predicted molar refractivity (Wildman–Crippen MR) is 73.5 cm³/mol. The fourth-order valence-electron chi connectivity index (χ4n) is 1.74. The van der Waals surface area contributed by atoms with Crippen LogP contribution in [-0.4, -0.2) is 34.6 Å². The summed E-state index contributed by atoms with van der Waals surface area (Å²) in [5.74, 6) is 10.6. The summed E-state index contributed by atoms with van der Waals surface area (Å²) in [7, 11) is 0. The van der Waals surface area contributed by atoms with Gasteiger partial charge in [-0.25, -0.2) is 15.8 Å². The predicted octanol–water partition coefficient (Wildman–Crippen LogP) is 1.44. The summed E-state index contributed by atoms with van der Waals surface area (Å²) < 4.78 is 0. The van der Waals surface area contributed by atoms with Crippen LogP contribution in [0, 0.1) is 0 Å². The Kier molecular flexibility index (Phi) is 4.06. The lowest BCUT2D eigenvalue weighted by Gasteiger charge is -2.28. The van der Waals surface area contributed by atoms with E-state index in [0.29, 0.717) is 11.7 Å². The summed E-state index contributed by atoms with van der Waals surface area (Å²) in [6.07, 6.45) is 0. The first-order chi connectivity index (χ1) is 8.20. The highest BCUT2D eigenvalue weighted by Crippen LogP contribution is 2.22. The van der Waals surface area contributed by atoms with Crippen LogP contribution in [0.5, 0.6) is 0 Å². The van der Waals surface area contributed by atoms with Gasteiger partial charge in [0.2, 0.25) is 0 Å². The summed E-state index contributed by atoms with van der Waals surface area (Å²) in [5, 5.41) is 0. The number of nitrogen functional groups attached to an aromatic ring is 1. The number of hydrazine groups is 1. The van der Waals surface area contributed by atoms with Gasteiger partial charge in [0.05, 0.1) is 0 Å². The highest BCUT2D eigenvalue weighted by atomic mass is 32.2.